The Balaban J connectivity index is 1.46. The van der Waals surface area contributed by atoms with Gasteiger partial charge in [-0.3, -0.25) is 19.2 Å². The van der Waals surface area contributed by atoms with Gasteiger partial charge in [-0.25, -0.2) is 4.79 Å². The molecule has 2 saturated heterocycles. The minimum atomic E-state index is -2.41. The van der Waals surface area contributed by atoms with Crippen molar-refractivity contribution in [2.45, 2.75) is 174 Å². The predicted molar refractivity (Wildman–Crippen MR) is 241 cm³/mol. The molecule has 0 radical (unpaired) electrons. The SMILES string of the molecule is CO[C@H]1C[C@@H]2CC[C@@H](C)[C@@](O)(O2)C(=O)C(=O)N2CCCC[C@H]2C(=O)O[C@H]([C@H](C)C[C@H]2C[C@H]3C[C@@H]2C[C@@H]3O)CC(=O)[C@H](C)/C=C(\C)[C@@H](O)[C@@H](OC)C(=O)[C@H](C)C[C@H](C)/C=C/C=CC=C1C. The number of amides is 1. The van der Waals surface area contributed by atoms with Crippen molar-refractivity contribution >= 4 is 29.2 Å². The van der Waals surface area contributed by atoms with E-state index in [2.05, 4.69) is 0 Å². The molecular formula is C51H77NO12. The van der Waals surface area contributed by atoms with Crippen molar-refractivity contribution in [1.29, 1.82) is 0 Å². The first-order valence-electron chi connectivity index (χ1n) is 23.9. The molecule has 0 aromatic rings. The standard InChI is InChI=1S/C51H77NO12/c1-29-15-11-10-12-16-30(2)43(61-8)27-39-19-18-35(7)51(60,64-39)48(57)49(58)52-20-14-13-17-40(52)50(59)63-44(32(4)23-36-24-38-25-37(36)26-42(38)54)28-41(53)31(3)22-34(6)46(56)47(62-9)45(55)33(5)21-29/h10-12,15-16,22,29,31-33,35-40,42-44,46-47,54,56,60H,13-14,17-21,23-28H2,1-9H3/b12-10?,15-11+,30-16?,34-22+/t29-,31-,32-,33-,35-,36+,37-,38+,39+,40+,42+,43+,44+,46-,47+,51-/m1/s1. The molecule has 3 heterocycles. The van der Waals surface area contributed by atoms with E-state index < -0.39 is 77.8 Å². The molecule has 3 N–H and O–H groups in total. The van der Waals surface area contributed by atoms with Gasteiger partial charge in [0.25, 0.3) is 11.7 Å². The van der Waals surface area contributed by atoms with Crippen molar-refractivity contribution in [2.75, 3.05) is 20.8 Å². The lowest BCUT2D eigenvalue weighted by molar-refractivity contribution is -0.265. The van der Waals surface area contributed by atoms with Crippen LogP contribution in [0, 0.1) is 47.3 Å². The number of methoxy groups -OCH3 is 2. The van der Waals surface area contributed by atoms with Crippen LogP contribution in [0.2, 0.25) is 0 Å². The van der Waals surface area contributed by atoms with Crippen LogP contribution in [0.1, 0.15) is 126 Å². The Bertz CT molecular complexity index is 1780. The number of cyclic esters (lactones) is 1. The molecule has 5 rings (SSSR count). The summed E-state index contributed by atoms with van der Waals surface area (Å²) in [6.45, 7) is 12.9. The number of allylic oxidation sites excluding steroid dienone is 6. The zero-order chi connectivity index (χ0) is 47.0. The van der Waals surface area contributed by atoms with Crippen LogP contribution >= 0.6 is 0 Å². The van der Waals surface area contributed by atoms with Crippen molar-refractivity contribution < 1.29 is 58.2 Å². The fourth-order valence-electron chi connectivity index (χ4n) is 11.1. The number of carbonyl (C=O) groups is 5. The van der Waals surface area contributed by atoms with E-state index in [1.807, 2.05) is 58.1 Å². The molecule has 13 nitrogen and oxygen atoms in total. The monoisotopic (exact) mass is 896 g/mol. The Kier molecular flexibility index (Phi) is 18.5. The van der Waals surface area contributed by atoms with Gasteiger partial charge in [-0.2, -0.15) is 0 Å². The first-order valence-corrected chi connectivity index (χ1v) is 23.9. The van der Waals surface area contributed by atoms with E-state index in [0.717, 1.165) is 24.8 Å². The average Bonchev–Trinajstić information content (AvgIpc) is 3.84. The predicted octanol–water partition coefficient (Wildman–Crippen LogP) is 6.41. The van der Waals surface area contributed by atoms with Crippen LogP contribution in [-0.4, -0.2) is 119 Å². The van der Waals surface area contributed by atoms with E-state index in [1.54, 1.807) is 34.0 Å². The van der Waals surface area contributed by atoms with Crippen molar-refractivity contribution in [3.63, 3.8) is 0 Å². The fourth-order valence-corrected chi connectivity index (χ4v) is 11.1. The maximum atomic E-state index is 14.4. The van der Waals surface area contributed by atoms with Gasteiger partial charge >= 0.3 is 5.97 Å². The summed E-state index contributed by atoms with van der Waals surface area (Å²) in [7, 11) is 2.97. The minimum Gasteiger partial charge on any atom is -0.460 e. The van der Waals surface area contributed by atoms with Crippen molar-refractivity contribution in [1.82, 2.24) is 4.90 Å². The lowest BCUT2D eigenvalue weighted by Gasteiger charge is -2.42. The van der Waals surface area contributed by atoms with Gasteiger partial charge in [0, 0.05) is 51.4 Å². The van der Waals surface area contributed by atoms with Gasteiger partial charge in [0.15, 0.2) is 5.78 Å². The number of ether oxygens (including phenoxy) is 4. The molecule has 0 aromatic heterocycles. The third-order valence-electron chi connectivity index (χ3n) is 15.2. The minimum absolute atomic E-state index is 0.0279. The number of aliphatic hydroxyl groups excluding tert-OH is 2. The first-order chi connectivity index (χ1) is 30.3. The molecule has 4 bridgehead atoms. The molecule has 0 aromatic carbocycles. The average molecular weight is 896 g/mol. The molecule has 5 aliphatic rings. The van der Waals surface area contributed by atoms with Crippen LogP contribution in [0.3, 0.4) is 0 Å². The number of nitrogens with zero attached hydrogens (tertiary/aromatic N) is 1. The summed E-state index contributed by atoms with van der Waals surface area (Å²) < 4.78 is 23.8. The van der Waals surface area contributed by atoms with E-state index in [9.17, 15) is 39.3 Å². The summed E-state index contributed by atoms with van der Waals surface area (Å²) in [5.74, 6) is -6.92. The van der Waals surface area contributed by atoms with Gasteiger partial charge in [0.1, 0.15) is 30.1 Å². The van der Waals surface area contributed by atoms with Crippen LogP contribution < -0.4 is 0 Å². The van der Waals surface area contributed by atoms with Crippen LogP contribution in [0.15, 0.2) is 47.6 Å². The van der Waals surface area contributed by atoms with Gasteiger partial charge in [0.05, 0.1) is 18.3 Å². The van der Waals surface area contributed by atoms with Crippen LogP contribution in [-0.2, 0) is 42.9 Å². The van der Waals surface area contributed by atoms with Gasteiger partial charge in [-0.15, -0.1) is 0 Å². The number of Topliss-reactive ketones (excluding diaryl/α,β-unsaturated/α-hetero) is 3. The Hall–Kier alpha value is -3.33. The topological polar surface area (TPSA) is 186 Å². The summed E-state index contributed by atoms with van der Waals surface area (Å²) in [4.78, 5) is 71.8. The van der Waals surface area contributed by atoms with E-state index in [-0.39, 0.29) is 54.8 Å². The first kappa shape index (κ1) is 51.7. The fraction of sp³-hybridized carbons (Fsp3) is 0.745. The van der Waals surface area contributed by atoms with E-state index in [1.165, 1.54) is 12.0 Å². The summed E-state index contributed by atoms with van der Waals surface area (Å²) >= 11 is 0. The largest absolute Gasteiger partial charge is 0.460 e. The zero-order valence-corrected chi connectivity index (χ0v) is 39.8. The molecule has 2 saturated carbocycles. The molecule has 2 aliphatic carbocycles. The lowest BCUT2D eigenvalue weighted by atomic mass is 9.79. The summed E-state index contributed by atoms with van der Waals surface area (Å²) in [5, 5.41) is 33.8. The number of rotatable bonds is 5. The highest BCUT2D eigenvalue weighted by molar-refractivity contribution is 6.39. The highest BCUT2D eigenvalue weighted by atomic mass is 16.6. The Morgan fingerprint density at radius 3 is 2.25 bits per heavy atom. The summed E-state index contributed by atoms with van der Waals surface area (Å²) in [5.41, 5.74) is 1.29. The second-order valence-electron chi connectivity index (χ2n) is 20.1. The van der Waals surface area contributed by atoms with Crippen LogP contribution in [0.4, 0.5) is 0 Å². The molecule has 4 fully saturated rings. The number of fused-ring (bicyclic) bond motifs is 5. The second kappa shape index (κ2) is 22.9. The quantitative estimate of drug-likeness (QED) is 0.157. The number of ketones is 3. The van der Waals surface area contributed by atoms with Gasteiger partial charge in [0.2, 0.25) is 5.79 Å². The highest BCUT2D eigenvalue weighted by Crippen LogP contribution is 2.51. The van der Waals surface area contributed by atoms with Crippen molar-refractivity contribution in [2.24, 2.45) is 47.3 Å². The smallest absolute Gasteiger partial charge is 0.329 e. The third kappa shape index (κ3) is 12.4. The lowest BCUT2D eigenvalue weighted by Crippen LogP contribution is -2.61. The molecule has 1 amide bonds. The highest BCUT2D eigenvalue weighted by Gasteiger charge is 2.53. The Morgan fingerprint density at radius 2 is 1.59 bits per heavy atom. The molecule has 13 heteroatoms. The van der Waals surface area contributed by atoms with E-state index in [0.29, 0.717) is 62.4 Å². The second-order valence-corrected chi connectivity index (χ2v) is 20.1. The normalized spacial score (nSPS) is 41.2. The van der Waals surface area contributed by atoms with Crippen LogP contribution in [0.25, 0.3) is 0 Å². The zero-order valence-electron chi connectivity index (χ0n) is 39.8. The van der Waals surface area contributed by atoms with Crippen molar-refractivity contribution in [3.8, 4) is 0 Å². The molecule has 64 heavy (non-hydrogen) atoms. The van der Waals surface area contributed by atoms with Crippen molar-refractivity contribution in [3.05, 3.63) is 47.6 Å². The third-order valence-corrected chi connectivity index (χ3v) is 15.2. The van der Waals surface area contributed by atoms with Gasteiger partial charge in [-0.1, -0.05) is 71.1 Å². The van der Waals surface area contributed by atoms with Gasteiger partial charge < -0.3 is 39.2 Å². The summed E-state index contributed by atoms with van der Waals surface area (Å²) in [6, 6.07) is -1.11. The Morgan fingerprint density at radius 1 is 0.859 bits per heavy atom. The molecule has 358 valence electrons. The van der Waals surface area contributed by atoms with Gasteiger partial charge in [-0.05, 0) is 119 Å². The number of hydrogen-bond donors (Lipinski definition) is 3. The van der Waals surface area contributed by atoms with E-state index in [4.69, 9.17) is 18.9 Å². The van der Waals surface area contributed by atoms with E-state index >= 15 is 0 Å². The summed E-state index contributed by atoms with van der Waals surface area (Å²) in [6.07, 6.45) is 12.9. The maximum Gasteiger partial charge on any atom is 0.329 e. The molecule has 3 aliphatic heterocycles. The molecule has 16 atom stereocenters. The number of aliphatic hydroxyl groups is 3. The Labute approximate surface area is 381 Å². The number of carbonyl (C=O) groups excluding carboxylic acids is 5. The molecular weight excluding hydrogens is 819 g/mol. The molecule has 0 unspecified atom stereocenters. The molecule has 0 spiro atoms. The number of piperidine rings is 1. The van der Waals surface area contributed by atoms with Crippen LogP contribution in [0.5, 0.6) is 0 Å². The number of hydrogen-bond acceptors (Lipinski definition) is 12. The maximum absolute atomic E-state index is 14.4. The number of esters is 1.